The van der Waals surface area contributed by atoms with Crippen LogP contribution in [0.15, 0.2) is 12.3 Å². The van der Waals surface area contributed by atoms with E-state index in [4.69, 9.17) is 11.6 Å². The van der Waals surface area contributed by atoms with E-state index in [0.717, 1.165) is 22.6 Å². The van der Waals surface area contributed by atoms with E-state index in [0.29, 0.717) is 5.88 Å². The Morgan fingerprint density at radius 1 is 1.54 bits per heavy atom. The predicted octanol–water partition coefficient (Wildman–Crippen LogP) is 2.02. The van der Waals surface area contributed by atoms with Crippen LogP contribution in [0.4, 0.5) is 0 Å². The van der Waals surface area contributed by atoms with Crippen LogP contribution in [0.2, 0.25) is 0 Å². The number of hydrogen-bond acceptors (Lipinski definition) is 2. The van der Waals surface area contributed by atoms with Crippen LogP contribution in [-0.2, 0) is 12.9 Å². The largest absolute Gasteiger partial charge is 0.315 e. The first-order chi connectivity index (χ1) is 6.22. The van der Waals surface area contributed by atoms with Gasteiger partial charge in [0.2, 0.25) is 0 Å². The second-order valence-corrected chi connectivity index (χ2v) is 3.34. The van der Waals surface area contributed by atoms with Crippen molar-refractivity contribution in [2.24, 2.45) is 7.05 Å². The van der Waals surface area contributed by atoms with Gasteiger partial charge in [-0.05, 0) is 18.6 Å². The van der Waals surface area contributed by atoms with Crippen LogP contribution >= 0.6 is 11.6 Å². The van der Waals surface area contributed by atoms with Crippen LogP contribution in [-0.4, -0.2) is 14.5 Å². The third kappa shape index (κ3) is 1.29. The van der Waals surface area contributed by atoms with Crippen molar-refractivity contribution in [1.29, 1.82) is 0 Å². The molecule has 0 N–H and O–H groups in total. The van der Waals surface area contributed by atoms with Gasteiger partial charge in [-0.15, -0.1) is 11.6 Å². The van der Waals surface area contributed by atoms with E-state index in [2.05, 4.69) is 9.97 Å². The van der Waals surface area contributed by atoms with Crippen LogP contribution in [0, 0.1) is 6.92 Å². The number of alkyl halides is 1. The molecule has 0 fully saturated rings. The molecule has 0 bridgehead atoms. The van der Waals surface area contributed by atoms with Gasteiger partial charge in [-0.3, -0.25) is 0 Å². The standard InChI is InChI=1S/C9H10ClN3/c1-6-3-7-9(11-5-6)13(2)8(4-10)12-7/h3,5H,4H2,1-2H3. The third-order valence-corrected chi connectivity index (χ3v) is 2.30. The molecule has 68 valence electrons. The number of aryl methyl sites for hydroxylation is 2. The molecule has 0 aliphatic rings. The van der Waals surface area contributed by atoms with Crippen LogP contribution < -0.4 is 0 Å². The summed E-state index contributed by atoms with van der Waals surface area (Å²) in [4.78, 5) is 8.65. The van der Waals surface area contributed by atoms with Gasteiger partial charge in [-0.25, -0.2) is 9.97 Å². The molecule has 0 radical (unpaired) electrons. The predicted molar refractivity (Wildman–Crippen MR) is 52.8 cm³/mol. The van der Waals surface area contributed by atoms with Crippen molar-refractivity contribution in [1.82, 2.24) is 14.5 Å². The molecule has 0 amide bonds. The van der Waals surface area contributed by atoms with Crippen LogP contribution in [0.25, 0.3) is 11.2 Å². The van der Waals surface area contributed by atoms with Crippen LogP contribution in [0.5, 0.6) is 0 Å². The number of nitrogens with zero attached hydrogens (tertiary/aromatic N) is 3. The minimum Gasteiger partial charge on any atom is -0.315 e. The molecule has 2 aromatic rings. The Balaban J connectivity index is 2.76. The molecule has 0 unspecified atom stereocenters. The molecule has 0 aliphatic heterocycles. The van der Waals surface area contributed by atoms with Gasteiger partial charge in [0.25, 0.3) is 0 Å². The lowest BCUT2D eigenvalue weighted by Gasteiger charge is -1.96. The highest BCUT2D eigenvalue weighted by atomic mass is 35.5. The first kappa shape index (κ1) is 8.51. The third-order valence-electron chi connectivity index (χ3n) is 2.06. The Morgan fingerprint density at radius 2 is 2.31 bits per heavy atom. The Kier molecular flexibility index (Phi) is 1.96. The molecular formula is C9H10ClN3. The Bertz CT molecular complexity index is 447. The summed E-state index contributed by atoms with van der Waals surface area (Å²) in [5.41, 5.74) is 2.92. The lowest BCUT2D eigenvalue weighted by atomic mass is 10.3. The van der Waals surface area contributed by atoms with E-state index >= 15 is 0 Å². The Labute approximate surface area is 81.4 Å². The lowest BCUT2D eigenvalue weighted by molar-refractivity contribution is 0.862. The highest BCUT2D eigenvalue weighted by molar-refractivity contribution is 6.16. The zero-order valence-corrected chi connectivity index (χ0v) is 8.34. The summed E-state index contributed by atoms with van der Waals surface area (Å²) in [6.45, 7) is 2.00. The lowest BCUT2D eigenvalue weighted by Crippen LogP contribution is -1.95. The molecule has 0 saturated heterocycles. The van der Waals surface area contributed by atoms with E-state index in [1.165, 1.54) is 0 Å². The van der Waals surface area contributed by atoms with Crippen molar-refractivity contribution in [2.75, 3.05) is 0 Å². The van der Waals surface area contributed by atoms with Gasteiger partial charge >= 0.3 is 0 Å². The molecule has 0 saturated carbocycles. The maximum absolute atomic E-state index is 5.73. The summed E-state index contributed by atoms with van der Waals surface area (Å²) < 4.78 is 1.92. The minimum atomic E-state index is 0.423. The van der Waals surface area contributed by atoms with E-state index in [1.807, 2.05) is 30.8 Å². The number of rotatable bonds is 1. The van der Waals surface area contributed by atoms with Crippen molar-refractivity contribution in [3.63, 3.8) is 0 Å². The molecule has 2 heterocycles. The van der Waals surface area contributed by atoms with Crippen molar-refractivity contribution >= 4 is 22.8 Å². The Hall–Kier alpha value is -1.09. The first-order valence-electron chi connectivity index (χ1n) is 4.06. The molecule has 4 heteroatoms. The van der Waals surface area contributed by atoms with Gasteiger partial charge in [0.15, 0.2) is 5.65 Å². The molecule has 0 atom stereocenters. The molecule has 13 heavy (non-hydrogen) atoms. The minimum absolute atomic E-state index is 0.423. The molecule has 2 rings (SSSR count). The number of fused-ring (bicyclic) bond motifs is 1. The molecular weight excluding hydrogens is 186 g/mol. The second kappa shape index (κ2) is 3.00. The fourth-order valence-electron chi connectivity index (χ4n) is 1.34. The van der Waals surface area contributed by atoms with Crippen molar-refractivity contribution in [3.8, 4) is 0 Å². The number of imidazole rings is 1. The smallest absolute Gasteiger partial charge is 0.159 e. The molecule has 0 aliphatic carbocycles. The quantitative estimate of drug-likeness (QED) is 0.652. The normalized spacial score (nSPS) is 11.0. The number of aromatic nitrogens is 3. The SMILES string of the molecule is Cc1cnc2c(c1)nc(CCl)n2C. The monoisotopic (exact) mass is 195 g/mol. The maximum Gasteiger partial charge on any atom is 0.159 e. The summed E-state index contributed by atoms with van der Waals surface area (Å²) >= 11 is 5.73. The number of pyridine rings is 1. The average Bonchev–Trinajstić information content (AvgIpc) is 2.42. The topological polar surface area (TPSA) is 30.7 Å². The van der Waals surface area contributed by atoms with E-state index in [1.54, 1.807) is 0 Å². The number of hydrogen-bond donors (Lipinski definition) is 0. The second-order valence-electron chi connectivity index (χ2n) is 3.08. The van der Waals surface area contributed by atoms with Gasteiger partial charge in [0.05, 0.1) is 5.88 Å². The fraction of sp³-hybridized carbons (Fsp3) is 0.333. The fourth-order valence-corrected chi connectivity index (χ4v) is 1.58. The van der Waals surface area contributed by atoms with Gasteiger partial charge in [0, 0.05) is 13.2 Å². The van der Waals surface area contributed by atoms with E-state index in [-0.39, 0.29) is 0 Å². The summed E-state index contributed by atoms with van der Waals surface area (Å²) in [6.07, 6.45) is 1.84. The van der Waals surface area contributed by atoms with Crippen LogP contribution in [0.3, 0.4) is 0 Å². The van der Waals surface area contributed by atoms with Gasteiger partial charge in [0.1, 0.15) is 11.3 Å². The zero-order chi connectivity index (χ0) is 9.42. The van der Waals surface area contributed by atoms with Gasteiger partial charge in [-0.1, -0.05) is 0 Å². The number of halogens is 1. The highest BCUT2D eigenvalue weighted by Gasteiger charge is 2.06. The van der Waals surface area contributed by atoms with Gasteiger partial charge < -0.3 is 4.57 Å². The van der Waals surface area contributed by atoms with Crippen molar-refractivity contribution in [2.45, 2.75) is 12.8 Å². The molecule has 2 aromatic heterocycles. The van der Waals surface area contributed by atoms with Crippen molar-refractivity contribution < 1.29 is 0 Å². The van der Waals surface area contributed by atoms with Gasteiger partial charge in [-0.2, -0.15) is 0 Å². The molecule has 0 aromatic carbocycles. The molecule has 3 nitrogen and oxygen atoms in total. The zero-order valence-electron chi connectivity index (χ0n) is 7.58. The van der Waals surface area contributed by atoms with Crippen LogP contribution in [0.1, 0.15) is 11.4 Å². The maximum atomic E-state index is 5.73. The van der Waals surface area contributed by atoms with E-state index in [9.17, 15) is 0 Å². The highest BCUT2D eigenvalue weighted by Crippen LogP contribution is 2.14. The summed E-state index contributed by atoms with van der Waals surface area (Å²) in [5, 5.41) is 0. The first-order valence-corrected chi connectivity index (χ1v) is 4.59. The average molecular weight is 196 g/mol. The van der Waals surface area contributed by atoms with Crippen molar-refractivity contribution in [3.05, 3.63) is 23.7 Å². The summed E-state index contributed by atoms with van der Waals surface area (Å²) in [6, 6.07) is 2.01. The summed E-state index contributed by atoms with van der Waals surface area (Å²) in [7, 11) is 1.93. The summed E-state index contributed by atoms with van der Waals surface area (Å²) in [5.74, 6) is 1.28. The Morgan fingerprint density at radius 3 is 3.00 bits per heavy atom. The molecule has 0 spiro atoms. The van der Waals surface area contributed by atoms with E-state index < -0.39 is 0 Å².